The SMILES string of the molecule is CN(CCCN(C)C(=O)OCc1ccccc1)C(=O)OCc1ccccc1. The van der Waals surface area contributed by atoms with Crippen molar-refractivity contribution >= 4 is 12.2 Å². The predicted octanol–water partition coefficient (Wildman–Crippen LogP) is 3.91. The van der Waals surface area contributed by atoms with Crippen LogP contribution in [0.1, 0.15) is 17.5 Å². The Bertz CT molecular complexity index is 645. The molecule has 27 heavy (non-hydrogen) atoms. The van der Waals surface area contributed by atoms with Crippen molar-refractivity contribution in [3.05, 3.63) is 71.8 Å². The lowest BCUT2D eigenvalue weighted by atomic mass is 10.2. The molecule has 0 atom stereocenters. The van der Waals surface area contributed by atoms with Crippen LogP contribution in [-0.4, -0.2) is 49.2 Å². The molecule has 0 saturated heterocycles. The Kier molecular flexibility index (Phi) is 8.16. The summed E-state index contributed by atoms with van der Waals surface area (Å²) in [5.41, 5.74) is 1.89. The maximum absolute atomic E-state index is 12.0. The summed E-state index contributed by atoms with van der Waals surface area (Å²) in [7, 11) is 3.36. The minimum absolute atomic E-state index is 0.246. The van der Waals surface area contributed by atoms with Crippen LogP contribution in [0.2, 0.25) is 0 Å². The van der Waals surface area contributed by atoms with E-state index in [4.69, 9.17) is 9.47 Å². The Labute approximate surface area is 160 Å². The second-order valence-electron chi connectivity index (χ2n) is 6.28. The monoisotopic (exact) mass is 370 g/mol. The quantitative estimate of drug-likeness (QED) is 0.707. The highest BCUT2D eigenvalue weighted by Crippen LogP contribution is 2.05. The minimum atomic E-state index is -0.381. The number of hydrogen-bond acceptors (Lipinski definition) is 4. The van der Waals surface area contributed by atoms with Gasteiger partial charge in [-0.15, -0.1) is 0 Å². The van der Waals surface area contributed by atoms with E-state index in [1.807, 2.05) is 60.7 Å². The summed E-state index contributed by atoms with van der Waals surface area (Å²) in [6, 6.07) is 19.1. The van der Waals surface area contributed by atoms with Crippen molar-refractivity contribution in [1.82, 2.24) is 9.80 Å². The summed E-state index contributed by atoms with van der Waals surface area (Å²) in [6.07, 6.45) is -0.130. The molecule has 0 unspecified atom stereocenters. The fourth-order valence-electron chi connectivity index (χ4n) is 2.39. The molecule has 0 radical (unpaired) electrons. The van der Waals surface area contributed by atoms with Crippen LogP contribution in [0.15, 0.2) is 60.7 Å². The molecule has 2 rings (SSSR count). The van der Waals surface area contributed by atoms with Crippen LogP contribution in [0.3, 0.4) is 0 Å². The molecule has 0 N–H and O–H groups in total. The highest BCUT2D eigenvalue weighted by Gasteiger charge is 2.13. The lowest BCUT2D eigenvalue weighted by molar-refractivity contribution is 0.0972. The van der Waals surface area contributed by atoms with E-state index in [9.17, 15) is 9.59 Å². The third-order valence-electron chi connectivity index (χ3n) is 4.02. The van der Waals surface area contributed by atoms with E-state index in [-0.39, 0.29) is 25.4 Å². The highest BCUT2D eigenvalue weighted by molar-refractivity contribution is 5.67. The second kappa shape index (κ2) is 10.9. The molecular weight excluding hydrogens is 344 g/mol. The molecule has 2 amide bonds. The van der Waals surface area contributed by atoms with Gasteiger partial charge in [0.1, 0.15) is 13.2 Å². The molecule has 0 aliphatic heterocycles. The van der Waals surface area contributed by atoms with Gasteiger partial charge in [-0.25, -0.2) is 9.59 Å². The van der Waals surface area contributed by atoms with E-state index < -0.39 is 0 Å². The van der Waals surface area contributed by atoms with Gasteiger partial charge in [0.15, 0.2) is 0 Å². The molecule has 2 aromatic carbocycles. The maximum atomic E-state index is 12.0. The van der Waals surface area contributed by atoms with Crippen molar-refractivity contribution in [3.8, 4) is 0 Å². The standard InChI is InChI=1S/C21H26N2O4/c1-22(20(24)26-16-18-10-5-3-6-11-18)14-9-15-23(2)21(25)27-17-19-12-7-4-8-13-19/h3-8,10-13H,9,14-17H2,1-2H3. The summed E-state index contributed by atoms with van der Waals surface area (Å²) >= 11 is 0. The second-order valence-corrected chi connectivity index (χ2v) is 6.28. The third-order valence-corrected chi connectivity index (χ3v) is 4.02. The van der Waals surface area contributed by atoms with Crippen molar-refractivity contribution in [3.63, 3.8) is 0 Å². The molecule has 2 aromatic rings. The van der Waals surface area contributed by atoms with E-state index in [0.29, 0.717) is 19.5 Å². The molecule has 0 aromatic heterocycles. The molecule has 0 saturated carbocycles. The zero-order valence-corrected chi connectivity index (χ0v) is 15.8. The van der Waals surface area contributed by atoms with E-state index in [1.165, 1.54) is 9.80 Å². The van der Waals surface area contributed by atoms with Crippen LogP contribution in [0.5, 0.6) is 0 Å². The Hall–Kier alpha value is -3.02. The number of hydrogen-bond donors (Lipinski definition) is 0. The van der Waals surface area contributed by atoms with Gasteiger partial charge in [0, 0.05) is 27.2 Å². The molecule has 6 nitrogen and oxygen atoms in total. The summed E-state index contributed by atoms with van der Waals surface area (Å²) in [5.74, 6) is 0. The topological polar surface area (TPSA) is 59.1 Å². The number of amides is 2. The van der Waals surface area contributed by atoms with Crippen LogP contribution in [0.4, 0.5) is 9.59 Å². The molecule has 0 aliphatic rings. The molecule has 144 valence electrons. The molecule has 0 spiro atoms. The van der Waals surface area contributed by atoms with E-state index in [0.717, 1.165) is 11.1 Å². The molecule has 0 heterocycles. The van der Waals surface area contributed by atoms with Crippen molar-refractivity contribution in [1.29, 1.82) is 0 Å². The molecule has 6 heteroatoms. The highest BCUT2D eigenvalue weighted by atomic mass is 16.6. The third kappa shape index (κ3) is 7.40. The van der Waals surface area contributed by atoms with E-state index in [2.05, 4.69) is 0 Å². The lowest BCUT2D eigenvalue weighted by Gasteiger charge is -2.20. The molecule has 0 bridgehead atoms. The van der Waals surface area contributed by atoms with E-state index >= 15 is 0 Å². The Balaban J connectivity index is 1.62. The average molecular weight is 370 g/mol. The van der Waals surface area contributed by atoms with Gasteiger partial charge < -0.3 is 19.3 Å². The van der Waals surface area contributed by atoms with Gasteiger partial charge in [-0.3, -0.25) is 0 Å². The molecule has 0 fully saturated rings. The Morgan fingerprint density at radius 3 is 1.44 bits per heavy atom. The smallest absolute Gasteiger partial charge is 0.409 e. The largest absolute Gasteiger partial charge is 0.445 e. The number of ether oxygens (including phenoxy) is 2. The van der Waals surface area contributed by atoms with Gasteiger partial charge in [0.25, 0.3) is 0 Å². The van der Waals surface area contributed by atoms with Crippen molar-refractivity contribution < 1.29 is 19.1 Å². The van der Waals surface area contributed by atoms with Gasteiger partial charge in [-0.2, -0.15) is 0 Å². The number of benzene rings is 2. The van der Waals surface area contributed by atoms with Crippen molar-refractivity contribution in [2.45, 2.75) is 19.6 Å². The van der Waals surface area contributed by atoms with Crippen LogP contribution < -0.4 is 0 Å². The molecular formula is C21H26N2O4. The Morgan fingerprint density at radius 1 is 0.704 bits per heavy atom. The van der Waals surface area contributed by atoms with E-state index in [1.54, 1.807) is 14.1 Å². The maximum Gasteiger partial charge on any atom is 0.409 e. The van der Waals surface area contributed by atoms with Crippen LogP contribution in [-0.2, 0) is 22.7 Å². The van der Waals surface area contributed by atoms with Gasteiger partial charge in [-0.1, -0.05) is 60.7 Å². The fourth-order valence-corrected chi connectivity index (χ4v) is 2.39. The first-order valence-corrected chi connectivity index (χ1v) is 8.90. The van der Waals surface area contributed by atoms with Crippen LogP contribution in [0, 0.1) is 0 Å². The van der Waals surface area contributed by atoms with Gasteiger partial charge in [0.2, 0.25) is 0 Å². The van der Waals surface area contributed by atoms with Gasteiger partial charge >= 0.3 is 12.2 Å². The number of rotatable bonds is 8. The number of carbonyl (C=O) groups excluding carboxylic acids is 2. The van der Waals surface area contributed by atoms with Crippen molar-refractivity contribution in [2.75, 3.05) is 27.2 Å². The van der Waals surface area contributed by atoms with Crippen LogP contribution in [0.25, 0.3) is 0 Å². The van der Waals surface area contributed by atoms with Gasteiger partial charge in [0.05, 0.1) is 0 Å². The van der Waals surface area contributed by atoms with Gasteiger partial charge in [-0.05, 0) is 17.5 Å². The van der Waals surface area contributed by atoms with Crippen molar-refractivity contribution in [2.24, 2.45) is 0 Å². The Morgan fingerprint density at radius 2 is 1.07 bits per heavy atom. The number of nitrogens with zero attached hydrogens (tertiary/aromatic N) is 2. The summed E-state index contributed by atoms with van der Waals surface area (Å²) in [5, 5.41) is 0. The molecule has 0 aliphatic carbocycles. The lowest BCUT2D eigenvalue weighted by Crippen LogP contribution is -2.33. The number of carbonyl (C=O) groups is 2. The first kappa shape index (κ1) is 20.3. The van der Waals surface area contributed by atoms with Crippen LogP contribution >= 0.6 is 0 Å². The normalized spacial score (nSPS) is 10.1. The average Bonchev–Trinajstić information content (AvgIpc) is 2.71. The summed E-state index contributed by atoms with van der Waals surface area (Å²) < 4.78 is 10.5. The first-order chi connectivity index (χ1) is 13.1. The minimum Gasteiger partial charge on any atom is -0.445 e. The fraction of sp³-hybridized carbons (Fsp3) is 0.333. The summed E-state index contributed by atoms with van der Waals surface area (Å²) in [6.45, 7) is 1.47. The predicted molar refractivity (Wildman–Crippen MR) is 103 cm³/mol. The zero-order chi connectivity index (χ0) is 19.5. The summed E-state index contributed by atoms with van der Waals surface area (Å²) in [4.78, 5) is 27.0. The zero-order valence-electron chi connectivity index (χ0n) is 15.8. The first-order valence-electron chi connectivity index (χ1n) is 8.90.